The van der Waals surface area contributed by atoms with Crippen LogP contribution in [0.5, 0.6) is 5.88 Å². The average molecular weight is 194 g/mol. The molecule has 0 aliphatic carbocycles. The minimum absolute atomic E-state index is 0.288. The smallest absolute Gasteiger partial charge is 0.223 e. The first-order chi connectivity index (χ1) is 6.70. The lowest BCUT2D eigenvalue weighted by Gasteiger charge is -2.24. The molecule has 0 radical (unpaired) electrons. The first kappa shape index (κ1) is 9.21. The quantitative estimate of drug-likeness (QED) is 0.684. The number of fused-ring (bicyclic) bond motifs is 1. The van der Waals surface area contributed by atoms with E-state index in [1.807, 2.05) is 0 Å². The summed E-state index contributed by atoms with van der Waals surface area (Å²) in [4.78, 5) is 10.5. The molecule has 0 saturated heterocycles. The minimum atomic E-state index is 0.288. The van der Waals surface area contributed by atoms with Crippen LogP contribution in [0.4, 0.5) is 5.95 Å². The van der Waals surface area contributed by atoms with E-state index in [1.54, 1.807) is 7.11 Å². The van der Waals surface area contributed by atoms with Crippen molar-refractivity contribution in [2.24, 2.45) is 0 Å². The van der Waals surface area contributed by atoms with E-state index < -0.39 is 0 Å². The summed E-state index contributed by atoms with van der Waals surface area (Å²) in [5, 5.41) is 0. The molecule has 0 unspecified atom stereocenters. The van der Waals surface area contributed by atoms with Gasteiger partial charge in [-0.05, 0) is 13.5 Å². The van der Waals surface area contributed by atoms with Crippen LogP contribution in [-0.4, -0.2) is 35.6 Å². The lowest BCUT2D eigenvalue weighted by Crippen LogP contribution is -2.28. The number of ether oxygens (including phenoxy) is 1. The van der Waals surface area contributed by atoms with Crippen molar-refractivity contribution < 1.29 is 4.74 Å². The summed E-state index contributed by atoms with van der Waals surface area (Å²) in [5.41, 5.74) is 7.67. The fourth-order valence-electron chi connectivity index (χ4n) is 1.71. The van der Waals surface area contributed by atoms with Gasteiger partial charge in [0.05, 0.1) is 12.8 Å². The maximum atomic E-state index is 5.58. The van der Waals surface area contributed by atoms with Crippen LogP contribution in [0.15, 0.2) is 0 Å². The third kappa shape index (κ3) is 1.50. The highest BCUT2D eigenvalue weighted by molar-refractivity contribution is 5.37. The molecule has 0 atom stereocenters. The fraction of sp³-hybridized carbons (Fsp3) is 0.556. The van der Waals surface area contributed by atoms with E-state index in [0.717, 1.165) is 30.8 Å². The fourth-order valence-corrected chi connectivity index (χ4v) is 1.71. The number of likely N-dealkylation sites (N-methyl/N-ethyl adjacent to an activating group) is 1. The molecule has 0 fully saturated rings. The number of methoxy groups -OCH3 is 1. The van der Waals surface area contributed by atoms with E-state index in [9.17, 15) is 0 Å². The van der Waals surface area contributed by atoms with Crippen LogP contribution in [0.3, 0.4) is 0 Å². The number of hydrogen-bond acceptors (Lipinski definition) is 5. The summed E-state index contributed by atoms with van der Waals surface area (Å²) < 4.78 is 5.18. The molecule has 14 heavy (non-hydrogen) atoms. The number of nitrogens with zero attached hydrogens (tertiary/aromatic N) is 3. The van der Waals surface area contributed by atoms with Crippen molar-refractivity contribution in [3.05, 3.63) is 11.3 Å². The van der Waals surface area contributed by atoms with Crippen molar-refractivity contribution in [1.82, 2.24) is 14.9 Å². The van der Waals surface area contributed by atoms with Gasteiger partial charge < -0.3 is 15.4 Å². The highest BCUT2D eigenvalue weighted by Gasteiger charge is 2.20. The molecular weight excluding hydrogens is 180 g/mol. The Morgan fingerprint density at radius 2 is 2.21 bits per heavy atom. The van der Waals surface area contributed by atoms with Gasteiger partial charge in [0.2, 0.25) is 11.8 Å². The SMILES string of the molecule is COc1nc(N)nc2c1CCN(C)C2. The number of nitrogen functional groups attached to an aromatic ring is 1. The monoisotopic (exact) mass is 194 g/mol. The van der Waals surface area contributed by atoms with Crippen molar-refractivity contribution in [2.75, 3.05) is 26.4 Å². The van der Waals surface area contributed by atoms with Crippen LogP contribution in [0.25, 0.3) is 0 Å². The number of hydrogen-bond donors (Lipinski definition) is 1. The summed E-state index contributed by atoms with van der Waals surface area (Å²) in [5.74, 6) is 0.913. The molecule has 2 heterocycles. The Balaban J connectivity index is 2.46. The second-order valence-electron chi connectivity index (χ2n) is 3.50. The number of aromatic nitrogens is 2. The lowest BCUT2D eigenvalue weighted by atomic mass is 10.1. The molecular formula is C9H14N4O. The second kappa shape index (κ2) is 3.42. The maximum Gasteiger partial charge on any atom is 0.223 e. The molecule has 2 rings (SSSR count). The van der Waals surface area contributed by atoms with E-state index in [1.165, 1.54) is 0 Å². The largest absolute Gasteiger partial charge is 0.481 e. The predicted molar refractivity (Wildman–Crippen MR) is 53.0 cm³/mol. The van der Waals surface area contributed by atoms with Gasteiger partial charge >= 0.3 is 0 Å². The first-order valence-corrected chi connectivity index (χ1v) is 4.58. The molecule has 0 bridgehead atoms. The Bertz CT molecular complexity index is 353. The van der Waals surface area contributed by atoms with Gasteiger partial charge in [-0.25, -0.2) is 4.98 Å². The van der Waals surface area contributed by atoms with Crippen LogP contribution < -0.4 is 10.5 Å². The summed E-state index contributed by atoms with van der Waals surface area (Å²) >= 11 is 0. The second-order valence-corrected chi connectivity index (χ2v) is 3.50. The molecule has 5 heteroatoms. The standard InChI is InChI=1S/C9H14N4O/c1-13-4-3-6-7(5-13)11-9(10)12-8(6)14-2/h3-5H2,1-2H3,(H2,10,11,12). The van der Waals surface area contributed by atoms with E-state index in [-0.39, 0.29) is 5.95 Å². The molecule has 0 amide bonds. The minimum Gasteiger partial charge on any atom is -0.481 e. The Morgan fingerprint density at radius 3 is 2.93 bits per heavy atom. The summed E-state index contributed by atoms with van der Waals surface area (Å²) in [6.07, 6.45) is 0.926. The van der Waals surface area contributed by atoms with Gasteiger partial charge in [-0.1, -0.05) is 0 Å². The summed E-state index contributed by atoms with van der Waals surface area (Å²) in [6.45, 7) is 1.83. The first-order valence-electron chi connectivity index (χ1n) is 4.58. The average Bonchev–Trinajstić information content (AvgIpc) is 2.15. The highest BCUT2D eigenvalue weighted by Crippen LogP contribution is 2.24. The Morgan fingerprint density at radius 1 is 1.43 bits per heavy atom. The zero-order valence-electron chi connectivity index (χ0n) is 8.45. The van der Waals surface area contributed by atoms with Crippen molar-refractivity contribution in [3.63, 3.8) is 0 Å². The highest BCUT2D eigenvalue weighted by atomic mass is 16.5. The number of anilines is 1. The number of nitrogens with two attached hydrogens (primary N) is 1. The topological polar surface area (TPSA) is 64.3 Å². The summed E-state index contributed by atoms with van der Waals surface area (Å²) in [7, 11) is 3.67. The molecule has 5 nitrogen and oxygen atoms in total. The van der Waals surface area contributed by atoms with Gasteiger partial charge in [-0.15, -0.1) is 0 Å². The van der Waals surface area contributed by atoms with Crippen molar-refractivity contribution in [2.45, 2.75) is 13.0 Å². The van der Waals surface area contributed by atoms with Crippen LogP contribution in [0.1, 0.15) is 11.3 Å². The number of rotatable bonds is 1. The summed E-state index contributed by atoms with van der Waals surface area (Å²) in [6, 6.07) is 0. The zero-order valence-corrected chi connectivity index (χ0v) is 8.45. The predicted octanol–water partition coefficient (Wildman–Crippen LogP) is 0.0553. The Kier molecular flexibility index (Phi) is 2.25. The van der Waals surface area contributed by atoms with Gasteiger partial charge in [0.15, 0.2) is 0 Å². The van der Waals surface area contributed by atoms with E-state index >= 15 is 0 Å². The molecule has 0 spiro atoms. The molecule has 1 aliphatic rings. The van der Waals surface area contributed by atoms with E-state index in [4.69, 9.17) is 10.5 Å². The third-order valence-corrected chi connectivity index (χ3v) is 2.43. The van der Waals surface area contributed by atoms with Crippen LogP contribution in [0.2, 0.25) is 0 Å². The molecule has 76 valence electrons. The van der Waals surface area contributed by atoms with Gasteiger partial charge in [-0.2, -0.15) is 4.98 Å². The molecule has 1 aromatic heterocycles. The Labute approximate surface area is 82.9 Å². The van der Waals surface area contributed by atoms with Crippen molar-refractivity contribution >= 4 is 5.95 Å². The van der Waals surface area contributed by atoms with Gasteiger partial charge in [0.1, 0.15) is 0 Å². The van der Waals surface area contributed by atoms with Crippen molar-refractivity contribution in [1.29, 1.82) is 0 Å². The van der Waals surface area contributed by atoms with Crippen LogP contribution in [-0.2, 0) is 13.0 Å². The van der Waals surface area contributed by atoms with Gasteiger partial charge in [-0.3, -0.25) is 0 Å². The maximum absolute atomic E-state index is 5.58. The van der Waals surface area contributed by atoms with Gasteiger partial charge in [0.25, 0.3) is 0 Å². The van der Waals surface area contributed by atoms with Crippen LogP contribution >= 0.6 is 0 Å². The van der Waals surface area contributed by atoms with E-state index in [0.29, 0.717) is 5.88 Å². The third-order valence-electron chi connectivity index (χ3n) is 2.43. The molecule has 2 N–H and O–H groups in total. The normalized spacial score (nSPS) is 16.4. The van der Waals surface area contributed by atoms with E-state index in [2.05, 4.69) is 21.9 Å². The molecule has 1 aromatic rings. The molecule has 0 saturated carbocycles. The lowest BCUT2D eigenvalue weighted by molar-refractivity contribution is 0.298. The molecule has 0 aromatic carbocycles. The van der Waals surface area contributed by atoms with Gasteiger partial charge in [0, 0.05) is 18.7 Å². The zero-order chi connectivity index (χ0) is 10.1. The van der Waals surface area contributed by atoms with Crippen molar-refractivity contribution in [3.8, 4) is 5.88 Å². The Hall–Kier alpha value is -1.36. The van der Waals surface area contributed by atoms with Crippen LogP contribution in [0, 0.1) is 0 Å². The molecule has 1 aliphatic heterocycles.